The minimum Gasteiger partial charge on any atom is -0.469 e. The predicted octanol–water partition coefficient (Wildman–Crippen LogP) is 3.41. The second-order valence-electron chi connectivity index (χ2n) is 6.15. The fraction of sp³-hybridized carbons (Fsp3) is 0.278. The average molecular weight is 371 g/mol. The van der Waals surface area contributed by atoms with Crippen LogP contribution in [0.2, 0.25) is 0 Å². The molecule has 3 aromatic rings. The molecule has 1 aromatic carbocycles. The molecule has 26 heavy (non-hydrogen) atoms. The second kappa shape index (κ2) is 7.65. The van der Waals surface area contributed by atoms with Gasteiger partial charge in [0.25, 0.3) is 0 Å². The van der Waals surface area contributed by atoms with E-state index in [1.807, 2.05) is 31.2 Å². The Morgan fingerprint density at radius 1 is 1.31 bits per heavy atom. The van der Waals surface area contributed by atoms with Crippen molar-refractivity contribution in [3.63, 3.8) is 0 Å². The van der Waals surface area contributed by atoms with Crippen LogP contribution in [0.25, 0.3) is 11.4 Å². The molecule has 0 aliphatic carbocycles. The van der Waals surface area contributed by atoms with Crippen LogP contribution in [-0.4, -0.2) is 26.5 Å². The third-order valence-electron chi connectivity index (χ3n) is 3.95. The zero-order valence-electron chi connectivity index (χ0n) is 14.9. The van der Waals surface area contributed by atoms with Crippen molar-refractivity contribution >= 4 is 23.4 Å². The molecule has 7 nitrogen and oxygen atoms in total. The van der Waals surface area contributed by atoms with Gasteiger partial charge >= 0.3 is 0 Å². The molecule has 0 atom stereocenters. The molecule has 0 aliphatic rings. The van der Waals surface area contributed by atoms with Gasteiger partial charge in [-0.05, 0) is 30.5 Å². The number of aromatic nitrogens is 3. The fourth-order valence-electron chi connectivity index (χ4n) is 2.61. The van der Waals surface area contributed by atoms with E-state index in [4.69, 9.17) is 10.3 Å². The predicted molar refractivity (Wildman–Crippen MR) is 102 cm³/mol. The number of amides is 1. The molecule has 0 fully saturated rings. The van der Waals surface area contributed by atoms with E-state index in [2.05, 4.69) is 29.4 Å². The van der Waals surface area contributed by atoms with Crippen LogP contribution < -0.4 is 11.2 Å². The third kappa shape index (κ3) is 3.75. The number of carbonyl (C=O) groups is 1. The van der Waals surface area contributed by atoms with Crippen LogP contribution in [0.4, 0.5) is 5.69 Å². The van der Waals surface area contributed by atoms with E-state index < -0.39 is 0 Å². The number of hydrogen-bond donors (Lipinski definition) is 2. The Kier molecular flexibility index (Phi) is 5.32. The topological polar surface area (TPSA) is 99.0 Å². The van der Waals surface area contributed by atoms with Crippen molar-refractivity contribution in [2.45, 2.75) is 31.8 Å². The Morgan fingerprint density at radius 3 is 2.77 bits per heavy atom. The van der Waals surface area contributed by atoms with Gasteiger partial charge < -0.3 is 15.6 Å². The number of hydrogen-bond acceptors (Lipinski definition) is 6. The zero-order valence-corrected chi connectivity index (χ0v) is 15.7. The SMILES string of the molecule is Cc1occc1-c1nnc(SCC(=O)Nc2ccccc2C(C)C)n1N. The Labute approximate surface area is 156 Å². The molecule has 8 heteroatoms. The van der Waals surface area contributed by atoms with Gasteiger partial charge in [0.1, 0.15) is 5.76 Å². The molecule has 2 heterocycles. The highest BCUT2D eigenvalue weighted by Gasteiger charge is 2.17. The summed E-state index contributed by atoms with van der Waals surface area (Å²) in [5.74, 6) is 7.67. The van der Waals surface area contributed by atoms with Crippen LogP contribution in [0.15, 0.2) is 46.2 Å². The van der Waals surface area contributed by atoms with E-state index >= 15 is 0 Å². The molecule has 0 spiro atoms. The summed E-state index contributed by atoms with van der Waals surface area (Å²) < 4.78 is 6.64. The number of nitrogens with zero attached hydrogens (tertiary/aromatic N) is 3. The van der Waals surface area contributed by atoms with Crippen molar-refractivity contribution in [3.05, 3.63) is 47.9 Å². The lowest BCUT2D eigenvalue weighted by atomic mass is 10.0. The van der Waals surface area contributed by atoms with Gasteiger partial charge in [0.05, 0.1) is 17.6 Å². The molecule has 3 rings (SSSR count). The first-order chi connectivity index (χ1) is 12.5. The van der Waals surface area contributed by atoms with Gasteiger partial charge in [-0.1, -0.05) is 43.8 Å². The number of nitrogen functional groups attached to an aromatic ring is 1. The van der Waals surface area contributed by atoms with E-state index in [1.54, 1.807) is 12.3 Å². The minimum absolute atomic E-state index is 0.118. The average Bonchev–Trinajstić information content (AvgIpc) is 3.18. The Bertz CT molecular complexity index is 916. The van der Waals surface area contributed by atoms with Gasteiger partial charge in [-0.15, -0.1) is 10.2 Å². The Hall–Kier alpha value is -2.74. The number of aryl methyl sites for hydroxylation is 1. The molecule has 0 unspecified atom stereocenters. The minimum atomic E-state index is -0.118. The fourth-order valence-corrected chi connectivity index (χ4v) is 3.26. The summed E-state index contributed by atoms with van der Waals surface area (Å²) in [4.78, 5) is 12.3. The summed E-state index contributed by atoms with van der Waals surface area (Å²) >= 11 is 1.23. The normalized spacial score (nSPS) is 11.1. The highest BCUT2D eigenvalue weighted by molar-refractivity contribution is 7.99. The van der Waals surface area contributed by atoms with Crippen LogP contribution in [0.1, 0.15) is 31.1 Å². The summed E-state index contributed by atoms with van der Waals surface area (Å²) in [5.41, 5.74) is 2.71. The van der Waals surface area contributed by atoms with Crippen molar-refractivity contribution < 1.29 is 9.21 Å². The van der Waals surface area contributed by atoms with E-state index in [-0.39, 0.29) is 11.7 Å². The van der Waals surface area contributed by atoms with Crippen LogP contribution >= 0.6 is 11.8 Å². The van der Waals surface area contributed by atoms with E-state index in [1.165, 1.54) is 16.4 Å². The van der Waals surface area contributed by atoms with Gasteiger partial charge in [-0.2, -0.15) is 0 Å². The lowest BCUT2D eigenvalue weighted by molar-refractivity contribution is -0.113. The molecular formula is C18H21N5O2S. The Morgan fingerprint density at radius 2 is 2.08 bits per heavy atom. The number of benzene rings is 1. The lowest BCUT2D eigenvalue weighted by Gasteiger charge is -2.13. The number of nitrogens with two attached hydrogens (primary N) is 1. The largest absolute Gasteiger partial charge is 0.469 e. The van der Waals surface area contributed by atoms with Crippen LogP contribution in [0.5, 0.6) is 0 Å². The summed E-state index contributed by atoms with van der Waals surface area (Å²) in [6, 6.07) is 9.58. The first kappa shape index (κ1) is 18.1. The molecule has 1 amide bonds. The number of rotatable bonds is 6. The first-order valence-electron chi connectivity index (χ1n) is 8.24. The van der Waals surface area contributed by atoms with Crippen LogP contribution in [-0.2, 0) is 4.79 Å². The number of carbonyl (C=O) groups excluding carboxylic acids is 1. The quantitative estimate of drug-likeness (QED) is 0.509. The highest BCUT2D eigenvalue weighted by Crippen LogP contribution is 2.26. The maximum absolute atomic E-state index is 12.3. The summed E-state index contributed by atoms with van der Waals surface area (Å²) in [6.45, 7) is 6.02. The maximum Gasteiger partial charge on any atom is 0.234 e. The van der Waals surface area contributed by atoms with Crippen molar-refractivity contribution in [2.24, 2.45) is 0 Å². The molecule has 3 N–H and O–H groups in total. The smallest absolute Gasteiger partial charge is 0.234 e. The van der Waals surface area contributed by atoms with Crippen molar-refractivity contribution in [1.29, 1.82) is 0 Å². The third-order valence-corrected chi connectivity index (χ3v) is 4.90. The summed E-state index contributed by atoms with van der Waals surface area (Å²) in [5, 5.41) is 11.6. The number of thioether (sulfide) groups is 1. The van der Waals surface area contributed by atoms with Gasteiger partial charge in [-0.3, -0.25) is 4.79 Å². The molecule has 0 saturated heterocycles. The molecule has 2 aromatic heterocycles. The van der Waals surface area contributed by atoms with E-state index in [0.29, 0.717) is 22.7 Å². The van der Waals surface area contributed by atoms with Gasteiger partial charge in [-0.25, -0.2) is 4.68 Å². The monoisotopic (exact) mass is 371 g/mol. The van der Waals surface area contributed by atoms with Crippen LogP contribution in [0, 0.1) is 6.92 Å². The van der Waals surface area contributed by atoms with E-state index in [9.17, 15) is 4.79 Å². The Balaban J connectivity index is 1.66. The van der Waals surface area contributed by atoms with Gasteiger partial charge in [0.2, 0.25) is 11.1 Å². The summed E-state index contributed by atoms with van der Waals surface area (Å²) in [7, 11) is 0. The number of furan rings is 1. The zero-order chi connectivity index (χ0) is 18.7. The molecule has 0 bridgehead atoms. The standard InChI is InChI=1S/C18H21N5O2S/c1-11(2)13-6-4-5-7-15(13)20-16(24)10-26-18-22-21-17(23(18)19)14-8-9-25-12(14)3/h4-9,11H,10,19H2,1-3H3,(H,20,24). The lowest BCUT2D eigenvalue weighted by Crippen LogP contribution is -2.17. The number of nitrogens with one attached hydrogen (secondary N) is 1. The molecule has 136 valence electrons. The molecule has 0 saturated carbocycles. The molecular weight excluding hydrogens is 350 g/mol. The van der Waals surface area contributed by atoms with Crippen molar-refractivity contribution in [1.82, 2.24) is 14.9 Å². The van der Waals surface area contributed by atoms with Crippen molar-refractivity contribution in [3.8, 4) is 11.4 Å². The molecule has 0 radical (unpaired) electrons. The van der Waals surface area contributed by atoms with E-state index in [0.717, 1.165) is 16.8 Å². The van der Waals surface area contributed by atoms with Gasteiger partial charge in [0, 0.05) is 5.69 Å². The van der Waals surface area contributed by atoms with Crippen LogP contribution in [0.3, 0.4) is 0 Å². The maximum atomic E-state index is 12.3. The van der Waals surface area contributed by atoms with Crippen molar-refractivity contribution in [2.75, 3.05) is 16.9 Å². The molecule has 0 aliphatic heterocycles. The first-order valence-corrected chi connectivity index (χ1v) is 9.22. The summed E-state index contributed by atoms with van der Waals surface area (Å²) in [6.07, 6.45) is 1.58. The van der Waals surface area contributed by atoms with Gasteiger partial charge in [0.15, 0.2) is 5.82 Å². The number of para-hydroxylation sites is 1. The highest BCUT2D eigenvalue weighted by atomic mass is 32.2. The second-order valence-corrected chi connectivity index (χ2v) is 7.09. The number of anilines is 1.